The van der Waals surface area contributed by atoms with Crippen molar-refractivity contribution in [1.82, 2.24) is 4.98 Å². The minimum atomic E-state index is -4.39. The zero-order valence-corrected chi connectivity index (χ0v) is 12.1. The molecule has 1 aliphatic heterocycles. The van der Waals surface area contributed by atoms with E-state index in [2.05, 4.69) is 15.6 Å². The van der Waals surface area contributed by atoms with E-state index in [0.717, 1.165) is 25.0 Å². The number of halogens is 3. The molecule has 0 radical (unpaired) electrons. The molecule has 4 nitrogen and oxygen atoms in total. The summed E-state index contributed by atoms with van der Waals surface area (Å²) in [5.41, 5.74) is -0.704. The van der Waals surface area contributed by atoms with Gasteiger partial charge in [0.15, 0.2) is 0 Å². The minimum Gasteiger partial charge on any atom is -0.376 e. The molecule has 0 amide bonds. The van der Waals surface area contributed by atoms with E-state index in [0.29, 0.717) is 13.2 Å². The molecular formula is C14H20F3N3O. The van der Waals surface area contributed by atoms with Crippen molar-refractivity contribution in [3.05, 3.63) is 17.7 Å². The van der Waals surface area contributed by atoms with E-state index in [9.17, 15) is 13.2 Å². The highest BCUT2D eigenvalue weighted by Crippen LogP contribution is 2.32. The van der Waals surface area contributed by atoms with Crippen molar-refractivity contribution in [3.63, 3.8) is 0 Å². The Bertz CT molecular complexity index is 479. The molecule has 1 saturated heterocycles. The maximum Gasteiger partial charge on any atom is 0.416 e. The quantitative estimate of drug-likeness (QED) is 0.874. The maximum absolute atomic E-state index is 13.0. The van der Waals surface area contributed by atoms with Gasteiger partial charge in [0.2, 0.25) is 0 Å². The molecule has 118 valence electrons. The highest BCUT2D eigenvalue weighted by Gasteiger charge is 2.32. The first-order chi connectivity index (χ1) is 9.90. The lowest BCUT2D eigenvalue weighted by Gasteiger charge is -2.19. The number of rotatable bonds is 5. The average molecular weight is 303 g/mol. The summed E-state index contributed by atoms with van der Waals surface area (Å²) in [4.78, 5) is 4.20. The normalized spacial score (nSPS) is 22.3. The Morgan fingerprint density at radius 2 is 2.05 bits per heavy atom. The highest BCUT2D eigenvalue weighted by atomic mass is 19.4. The van der Waals surface area contributed by atoms with Gasteiger partial charge in [-0.25, -0.2) is 4.98 Å². The molecule has 2 heterocycles. The van der Waals surface area contributed by atoms with Crippen LogP contribution in [0.5, 0.6) is 0 Å². The molecule has 0 bridgehead atoms. The van der Waals surface area contributed by atoms with Crippen LogP contribution in [0.4, 0.5) is 24.8 Å². The van der Waals surface area contributed by atoms with Crippen molar-refractivity contribution in [2.45, 2.75) is 45.0 Å². The lowest BCUT2D eigenvalue weighted by Crippen LogP contribution is -2.27. The second kappa shape index (κ2) is 6.51. The van der Waals surface area contributed by atoms with E-state index in [1.165, 1.54) is 0 Å². The topological polar surface area (TPSA) is 46.2 Å². The summed E-state index contributed by atoms with van der Waals surface area (Å²) in [6.45, 7) is 5.03. The molecular weight excluding hydrogens is 283 g/mol. The van der Waals surface area contributed by atoms with Gasteiger partial charge < -0.3 is 15.4 Å². The SMILES string of the molecule is CCCNc1cc(C(F)(F)F)cc(NC2CCOC2C)n1. The van der Waals surface area contributed by atoms with Gasteiger partial charge in [0, 0.05) is 13.2 Å². The molecule has 0 aliphatic carbocycles. The zero-order chi connectivity index (χ0) is 15.5. The van der Waals surface area contributed by atoms with Crippen LogP contribution in [0.2, 0.25) is 0 Å². The molecule has 2 rings (SSSR count). The number of nitrogens with one attached hydrogen (secondary N) is 2. The number of pyridine rings is 1. The summed E-state index contributed by atoms with van der Waals surface area (Å²) in [5, 5.41) is 5.94. The van der Waals surface area contributed by atoms with Gasteiger partial charge in [0.25, 0.3) is 0 Å². The fourth-order valence-electron chi connectivity index (χ4n) is 2.22. The van der Waals surface area contributed by atoms with E-state index < -0.39 is 11.7 Å². The minimum absolute atomic E-state index is 0.0139. The number of hydrogen-bond donors (Lipinski definition) is 2. The van der Waals surface area contributed by atoms with Crippen LogP contribution in [0.15, 0.2) is 12.1 Å². The number of ether oxygens (including phenoxy) is 1. The third-order valence-electron chi connectivity index (χ3n) is 3.42. The molecule has 2 N–H and O–H groups in total. The monoisotopic (exact) mass is 303 g/mol. The van der Waals surface area contributed by atoms with E-state index in [1.54, 1.807) is 0 Å². The molecule has 21 heavy (non-hydrogen) atoms. The second-order valence-corrected chi connectivity index (χ2v) is 5.17. The number of hydrogen-bond acceptors (Lipinski definition) is 4. The Hall–Kier alpha value is -1.50. The Morgan fingerprint density at radius 3 is 2.62 bits per heavy atom. The average Bonchev–Trinajstić information content (AvgIpc) is 2.81. The lowest BCUT2D eigenvalue weighted by molar-refractivity contribution is -0.137. The fourth-order valence-corrected chi connectivity index (χ4v) is 2.22. The largest absolute Gasteiger partial charge is 0.416 e. The standard InChI is InChI=1S/C14H20F3N3O/c1-3-5-18-12-7-10(14(15,16)17)8-13(20-12)19-11-4-6-21-9(11)2/h7-9,11H,3-6H2,1-2H3,(H2,18,19,20). The molecule has 1 aromatic heterocycles. The first-order valence-corrected chi connectivity index (χ1v) is 7.11. The van der Waals surface area contributed by atoms with Crippen LogP contribution in [-0.2, 0) is 10.9 Å². The molecule has 0 saturated carbocycles. The molecule has 2 unspecified atom stereocenters. The Labute approximate surface area is 122 Å². The van der Waals surface area contributed by atoms with E-state index in [1.807, 2.05) is 13.8 Å². The molecule has 2 atom stereocenters. The predicted octanol–water partition coefficient (Wildman–Crippen LogP) is 3.51. The Kier molecular flexibility index (Phi) is 4.92. The lowest BCUT2D eigenvalue weighted by atomic mass is 10.1. The number of aromatic nitrogens is 1. The van der Waals surface area contributed by atoms with E-state index >= 15 is 0 Å². The van der Waals surface area contributed by atoms with Gasteiger partial charge in [0.05, 0.1) is 17.7 Å². The molecule has 7 heteroatoms. The number of alkyl halides is 3. The summed E-state index contributed by atoms with van der Waals surface area (Å²) in [6.07, 6.45) is -2.85. The van der Waals surface area contributed by atoms with Crippen molar-refractivity contribution in [1.29, 1.82) is 0 Å². The Balaban J connectivity index is 2.22. The molecule has 1 aromatic rings. The van der Waals surface area contributed by atoms with Crippen molar-refractivity contribution >= 4 is 11.6 Å². The smallest absolute Gasteiger partial charge is 0.376 e. The van der Waals surface area contributed by atoms with Gasteiger partial charge in [0.1, 0.15) is 11.6 Å². The predicted molar refractivity (Wildman–Crippen MR) is 75.5 cm³/mol. The zero-order valence-electron chi connectivity index (χ0n) is 12.1. The molecule has 1 aliphatic rings. The van der Waals surface area contributed by atoms with Gasteiger partial charge >= 0.3 is 6.18 Å². The van der Waals surface area contributed by atoms with Crippen LogP contribution in [-0.4, -0.2) is 30.3 Å². The van der Waals surface area contributed by atoms with Gasteiger partial charge in [-0.3, -0.25) is 0 Å². The third kappa shape index (κ3) is 4.23. The summed E-state index contributed by atoms with van der Waals surface area (Å²) in [5.74, 6) is 0.464. The van der Waals surface area contributed by atoms with Gasteiger partial charge in [-0.15, -0.1) is 0 Å². The summed E-state index contributed by atoms with van der Waals surface area (Å²) in [7, 11) is 0. The van der Waals surface area contributed by atoms with E-state index in [-0.39, 0.29) is 23.8 Å². The van der Waals surface area contributed by atoms with Crippen molar-refractivity contribution < 1.29 is 17.9 Å². The van der Waals surface area contributed by atoms with Crippen LogP contribution in [0.3, 0.4) is 0 Å². The number of anilines is 2. The molecule has 1 fully saturated rings. The van der Waals surface area contributed by atoms with Crippen LogP contribution in [0, 0.1) is 0 Å². The van der Waals surface area contributed by atoms with Crippen LogP contribution in [0.1, 0.15) is 32.3 Å². The van der Waals surface area contributed by atoms with Crippen molar-refractivity contribution in [2.24, 2.45) is 0 Å². The first-order valence-electron chi connectivity index (χ1n) is 7.11. The summed E-state index contributed by atoms with van der Waals surface area (Å²) >= 11 is 0. The van der Waals surface area contributed by atoms with Gasteiger partial charge in [-0.1, -0.05) is 6.92 Å². The van der Waals surface area contributed by atoms with Crippen molar-refractivity contribution in [2.75, 3.05) is 23.8 Å². The third-order valence-corrected chi connectivity index (χ3v) is 3.42. The van der Waals surface area contributed by atoms with Crippen LogP contribution in [0.25, 0.3) is 0 Å². The highest BCUT2D eigenvalue weighted by molar-refractivity contribution is 5.50. The fraction of sp³-hybridized carbons (Fsp3) is 0.643. The van der Waals surface area contributed by atoms with Gasteiger partial charge in [-0.2, -0.15) is 13.2 Å². The maximum atomic E-state index is 13.0. The first kappa shape index (κ1) is 15.9. The van der Waals surface area contributed by atoms with Gasteiger partial charge in [-0.05, 0) is 31.9 Å². The molecule has 0 spiro atoms. The summed E-state index contributed by atoms with van der Waals surface area (Å²) < 4.78 is 44.3. The number of nitrogens with zero attached hydrogens (tertiary/aromatic N) is 1. The van der Waals surface area contributed by atoms with Crippen molar-refractivity contribution in [3.8, 4) is 0 Å². The van der Waals surface area contributed by atoms with Crippen LogP contribution >= 0.6 is 0 Å². The Morgan fingerprint density at radius 1 is 1.33 bits per heavy atom. The molecule has 0 aromatic carbocycles. The van der Waals surface area contributed by atoms with E-state index in [4.69, 9.17) is 4.74 Å². The summed E-state index contributed by atoms with van der Waals surface area (Å²) in [6, 6.07) is 2.07. The van der Waals surface area contributed by atoms with Crippen LogP contribution < -0.4 is 10.6 Å². The second-order valence-electron chi connectivity index (χ2n) is 5.17.